The molecule has 1 fully saturated rings. The Balaban J connectivity index is 1.62. The number of hydrogen-bond acceptors (Lipinski definition) is 7. The summed E-state index contributed by atoms with van der Waals surface area (Å²) in [5, 5.41) is 24.6. The molecule has 4 aromatic rings. The Morgan fingerprint density at radius 1 is 1.09 bits per heavy atom. The summed E-state index contributed by atoms with van der Waals surface area (Å²) in [5.41, 5.74) is 8.73. The first-order valence-corrected chi connectivity index (χ1v) is 10.3. The quantitative estimate of drug-likeness (QED) is 0.526. The minimum absolute atomic E-state index is 0.303. The molecule has 8 nitrogen and oxygen atoms in total. The molecule has 0 saturated heterocycles. The van der Waals surface area contributed by atoms with Crippen molar-refractivity contribution >= 4 is 16.7 Å². The van der Waals surface area contributed by atoms with Crippen LogP contribution in [0.3, 0.4) is 0 Å². The van der Waals surface area contributed by atoms with Crippen molar-refractivity contribution in [2.75, 3.05) is 5.73 Å². The Labute approximate surface area is 185 Å². The van der Waals surface area contributed by atoms with Crippen LogP contribution in [0.5, 0.6) is 0 Å². The number of hydrogen-bond donors (Lipinski definition) is 1. The van der Waals surface area contributed by atoms with E-state index in [9.17, 15) is 10.5 Å². The van der Waals surface area contributed by atoms with Gasteiger partial charge in [0.25, 0.3) is 0 Å². The van der Waals surface area contributed by atoms with Crippen LogP contribution in [0.2, 0.25) is 0 Å². The highest BCUT2D eigenvalue weighted by Crippen LogP contribution is 2.54. The van der Waals surface area contributed by atoms with Gasteiger partial charge in [-0.25, -0.2) is 9.97 Å². The fourth-order valence-corrected chi connectivity index (χ4v) is 4.74. The number of pyridine rings is 3. The van der Waals surface area contributed by atoms with Gasteiger partial charge < -0.3 is 5.73 Å². The van der Waals surface area contributed by atoms with Gasteiger partial charge in [-0.15, -0.1) is 0 Å². The third-order valence-electron chi connectivity index (χ3n) is 6.11. The second-order valence-electron chi connectivity index (χ2n) is 8.63. The molecule has 1 aliphatic rings. The van der Waals surface area contributed by atoms with Crippen molar-refractivity contribution < 1.29 is 0 Å². The number of nitrogen functional groups attached to an aromatic ring is 1. The summed E-state index contributed by atoms with van der Waals surface area (Å²) < 4.78 is 1.84. The third kappa shape index (κ3) is 3.14. The maximum absolute atomic E-state index is 9.46. The van der Waals surface area contributed by atoms with E-state index in [0.29, 0.717) is 36.5 Å². The van der Waals surface area contributed by atoms with Gasteiger partial charge in [0, 0.05) is 29.5 Å². The summed E-state index contributed by atoms with van der Waals surface area (Å²) in [6.07, 6.45) is 6.77. The lowest BCUT2D eigenvalue weighted by atomic mass is 9.58. The maximum atomic E-state index is 9.46. The van der Waals surface area contributed by atoms with Crippen LogP contribution < -0.4 is 5.73 Å². The molecule has 0 aromatic carbocycles. The Morgan fingerprint density at radius 3 is 2.69 bits per heavy atom. The van der Waals surface area contributed by atoms with Crippen LogP contribution in [-0.4, -0.2) is 24.7 Å². The van der Waals surface area contributed by atoms with Crippen molar-refractivity contribution in [3.63, 3.8) is 0 Å². The van der Waals surface area contributed by atoms with Crippen molar-refractivity contribution in [3.05, 3.63) is 55.0 Å². The number of fused-ring (bicyclic) bond motifs is 1. The van der Waals surface area contributed by atoms with Crippen molar-refractivity contribution in [1.82, 2.24) is 24.7 Å². The van der Waals surface area contributed by atoms with Crippen molar-refractivity contribution in [1.29, 1.82) is 10.5 Å². The van der Waals surface area contributed by atoms with Crippen molar-refractivity contribution in [2.24, 2.45) is 5.41 Å². The molecular formula is C24H20N8. The summed E-state index contributed by atoms with van der Waals surface area (Å²) in [5.74, 6) is 0.417. The zero-order chi connectivity index (χ0) is 22.3. The number of anilines is 1. The predicted octanol–water partition coefficient (Wildman–Crippen LogP) is 4.07. The fourth-order valence-electron chi connectivity index (χ4n) is 4.74. The van der Waals surface area contributed by atoms with E-state index in [2.05, 4.69) is 22.1 Å². The van der Waals surface area contributed by atoms with E-state index in [4.69, 9.17) is 15.8 Å². The maximum Gasteiger partial charge on any atom is 0.123 e. The van der Waals surface area contributed by atoms with Gasteiger partial charge in [-0.1, -0.05) is 0 Å². The smallest absolute Gasteiger partial charge is 0.123 e. The molecule has 4 aromatic heterocycles. The van der Waals surface area contributed by atoms with Crippen LogP contribution in [-0.2, 0) is 5.54 Å². The van der Waals surface area contributed by atoms with E-state index in [1.165, 1.54) is 0 Å². The van der Waals surface area contributed by atoms with Crippen molar-refractivity contribution in [2.45, 2.75) is 31.7 Å². The number of aromatic nitrogens is 5. The third-order valence-corrected chi connectivity index (χ3v) is 6.11. The SMILES string of the molecule is CC1(C#N)CC(CC#N)(n2ccc(-c3nc(-c4ccnc(N)c4)cc4ncccc34)n2)C1. The van der Waals surface area contributed by atoms with Gasteiger partial charge in [0.2, 0.25) is 0 Å². The molecule has 1 saturated carbocycles. The van der Waals surface area contributed by atoms with Crippen molar-refractivity contribution in [3.8, 4) is 34.8 Å². The highest BCUT2D eigenvalue weighted by Gasteiger charge is 2.54. The molecule has 0 bridgehead atoms. The van der Waals surface area contributed by atoms with Gasteiger partial charge in [0.05, 0.1) is 40.7 Å². The van der Waals surface area contributed by atoms with Crippen LogP contribution in [0.15, 0.2) is 55.0 Å². The first kappa shape index (κ1) is 19.7. The molecule has 0 atom stereocenters. The first-order valence-electron chi connectivity index (χ1n) is 10.3. The molecule has 1 aliphatic carbocycles. The number of nitrogens with two attached hydrogens (primary N) is 1. The van der Waals surface area contributed by atoms with E-state index < -0.39 is 11.0 Å². The second kappa shape index (κ2) is 7.14. The molecule has 5 rings (SSSR count). The molecule has 156 valence electrons. The molecule has 8 heteroatoms. The Kier molecular flexibility index (Phi) is 4.38. The minimum Gasteiger partial charge on any atom is -0.384 e. The van der Waals surface area contributed by atoms with E-state index in [1.807, 2.05) is 48.1 Å². The molecule has 0 unspecified atom stereocenters. The van der Waals surface area contributed by atoms with Crippen LogP contribution in [0, 0.1) is 28.1 Å². The fraction of sp³-hybridized carbons (Fsp3) is 0.250. The lowest BCUT2D eigenvalue weighted by molar-refractivity contribution is 0.0200. The molecule has 2 N–H and O–H groups in total. The first-order chi connectivity index (χ1) is 15.5. The molecule has 0 spiro atoms. The summed E-state index contributed by atoms with van der Waals surface area (Å²) in [7, 11) is 0. The van der Waals surface area contributed by atoms with Gasteiger partial charge in [-0.2, -0.15) is 15.6 Å². The van der Waals surface area contributed by atoms with Crippen LogP contribution in [0.1, 0.15) is 26.2 Å². The topological polar surface area (TPSA) is 130 Å². The van der Waals surface area contributed by atoms with Gasteiger partial charge in [-0.05, 0) is 56.2 Å². The Hall–Kier alpha value is -4.30. The highest BCUT2D eigenvalue weighted by molar-refractivity contribution is 5.93. The largest absolute Gasteiger partial charge is 0.384 e. The Bertz CT molecular complexity index is 1420. The molecule has 32 heavy (non-hydrogen) atoms. The summed E-state index contributed by atoms with van der Waals surface area (Å²) >= 11 is 0. The summed E-state index contributed by atoms with van der Waals surface area (Å²) in [6, 6.07) is 15.9. The van der Waals surface area contributed by atoms with Crippen LogP contribution in [0.25, 0.3) is 33.5 Å². The predicted molar refractivity (Wildman–Crippen MR) is 120 cm³/mol. The molecule has 4 heterocycles. The zero-order valence-electron chi connectivity index (χ0n) is 17.5. The monoisotopic (exact) mass is 420 g/mol. The molecule has 0 radical (unpaired) electrons. The number of nitriles is 2. The van der Waals surface area contributed by atoms with E-state index >= 15 is 0 Å². The van der Waals surface area contributed by atoms with Crippen LogP contribution in [0.4, 0.5) is 5.82 Å². The standard InChI is InChI=1S/C24H20N8/c1-23(15-26)13-24(14-23,6-7-25)32-10-5-18(31-32)22-17-3-2-8-28-20(17)12-19(30-22)16-4-9-29-21(27)11-16/h2-5,8-12H,6,13-14H2,1H3,(H2,27,29). The van der Waals surface area contributed by atoms with E-state index in [1.54, 1.807) is 18.5 Å². The van der Waals surface area contributed by atoms with E-state index in [-0.39, 0.29) is 0 Å². The van der Waals surface area contributed by atoms with Gasteiger partial charge in [-0.3, -0.25) is 9.67 Å². The lowest BCUT2D eigenvalue weighted by Gasteiger charge is -2.50. The average Bonchev–Trinajstić information content (AvgIpc) is 3.28. The lowest BCUT2D eigenvalue weighted by Crippen LogP contribution is -2.51. The van der Waals surface area contributed by atoms with Gasteiger partial charge in [0.1, 0.15) is 17.2 Å². The van der Waals surface area contributed by atoms with Gasteiger partial charge >= 0.3 is 0 Å². The highest BCUT2D eigenvalue weighted by atomic mass is 15.3. The summed E-state index contributed by atoms with van der Waals surface area (Å²) in [6.45, 7) is 1.93. The zero-order valence-corrected chi connectivity index (χ0v) is 17.5. The second-order valence-corrected chi connectivity index (χ2v) is 8.63. The summed E-state index contributed by atoms with van der Waals surface area (Å²) in [4.78, 5) is 13.5. The number of rotatable bonds is 4. The van der Waals surface area contributed by atoms with Crippen LogP contribution >= 0.6 is 0 Å². The molecule has 0 amide bonds. The Morgan fingerprint density at radius 2 is 1.94 bits per heavy atom. The minimum atomic E-state index is -0.470. The molecular weight excluding hydrogens is 400 g/mol. The van der Waals surface area contributed by atoms with E-state index in [0.717, 1.165) is 22.2 Å². The average molecular weight is 420 g/mol. The van der Waals surface area contributed by atoms with Gasteiger partial charge in [0.15, 0.2) is 0 Å². The molecule has 0 aliphatic heterocycles. The normalized spacial score (nSPS) is 22.1. The number of nitrogens with zero attached hydrogens (tertiary/aromatic N) is 7.